The van der Waals surface area contributed by atoms with Crippen LogP contribution in [0.3, 0.4) is 0 Å². The number of carbonyl (C=O) groups excluding carboxylic acids is 1. The van der Waals surface area contributed by atoms with Gasteiger partial charge in [0.05, 0.1) is 5.69 Å². The molecule has 0 saturated carbocycles. The number of aryl methyl sites for hydroxylation is 2. The second-order valence-corrected chi connectivity index (χ2v) is 8.96. The third-order valence-corrected chi connectivity index (χ3v) is 6.14. The first-order valence-corrected chi connectivity index (χ1v) is 11.7. The van der Waals surface area contributed by atoms with E-state index in [1.165, 1.54) is 11.3 Å². The largest absolute Gasteiger partial charge is 0.472 e. The van der Waals surface area contributed by atoms with Crippen molar-refractivity contribution < 1.29 is 9.53 Å². The highest BCUT2D eigenvalue weighted by atomic mass is 35.5. The fraction of sp³-hybridized carbons (Fsp3) is 0.320. The highest BCUT2D eigenvalue weighted by Gasteiger charge is 2.18. The minimum atomic E-state index is 0.152. The molecule has 4 rings (SSSR count). The first kappa shape index (κ1) is 23.3. The lowest BCUT2D eigenvalue weighted by Crippen LogP contribution is -2.48. The maximum Gasteiger partial charge on any atom is 0.233 e. The van der Waals surface area contributed by atoms with E-state index >= 15 is 0 Å². The van der Waals surface area contributed by atoms with Crippen molar-refractivity contribution in [2.45, 2.75) is 26.4 Å². The smallest absolute Gasteiger partial charge is 0.233 e. The molecule has 2 heterocycles. The first-order chi connectivity index (χ1) is 16.0. The summed E-state index contributed by atoms with van der Waals surface area (Å²) in [7, 11) is 0. The third kappa shape index (κ3) is 6.59. The third-order valence-electron chi connectivity index (χ3n) is 5.70. The van der Waals surface area contributed by atoms with Gasteiger partial charge in [-0.3, -0.25) is 4.79 Å². The SMILES string of the molecule is CC(=O)N1CCN(c2ccc(CCc3ccc(OCc4cc(Cl)cc(Cl)c4)nn3)cc2)CC1. The number of piperazine rings is 1. The maximum absolute atomic E-state index is 11.5. The van der Waals surface area contributed by atoms with Gasteiger partial charge in [-0.1, -0.05) is 35.3 Å². The molecule has 1 aromatic heterocycles. The van der Waals surface area contributed by atoms with E-state index in [4.69, 9.17) is 27.9 Å². The van der Waals surface area contributed by atoms with Crippen LogP contribution in [0.15, 0.2) is 54.6 Å². The Kier molecular flexibility index (Phi) is 7.68. The summed E-state index contributed by atoms with van der Waals surface area (Å²) in [6, 6.07) is 17.7. The Bertz CT molecular complexity index is 1060. The Labute approximate surface area is 204 Å². The number of anilines is 1. The van der Waals surface area contributed by atoms with Gasteiger partial charge < -0.3 is 14.5 Å². The van der Waals surface area contributed by atoms with Crippen molar-refractivity contribution >= 4 is 34.8 Å². The molecule has 6 nitrogen and oxygen atoms in total. The van der Waals surface area contributed by atoms with Crippen LogP contribution in [0.25, 0.3) is 0 Å². The Morgan fingerprint density at radius 2 is 1.58 bits per heavy atom. The molecule has 0 unspecified atom stereocenters. The van der Waals surface area contributed by atoms with E-state index in [0.717, 1.165) is 50.3 Å². The summed E-state index contributed by atoms with van der Waals surface area (Å²) in [5.74, 6) is 0.614. The predicted molar refractivity (Wildman–Crippen MR) is 131 cm³/mol. The van der Waals surface area contributed by atoms with Gasteiger partial charge in [-0.2, -0.15) is 5.10 Å². The van der Waals surface area contributed by atoms with Gasteiger partial charge in [-0.25, -0.2) is 0 Å². The van der Waals surface area contributed by atoms with Crippen molar-refractivity contribution in [3.05, 3.63) is 81.5 Å². The van der Waals surface area contributed by atoms with E-state index in [1.54, 1.807) is 13.0 Å². The van der Waals surface area contributed by atoms with E-state index < -0.39 is 0 Å². The zero-order valence-electron chi connectivity index (χ0n) is 18.5. The van der Waals surface area contributed by atoms with Gasteiger partial charge in [0.25, 0.3) is 0 Å². The summed E-state index contributed by atoms with van der Waals surface area (Å²) in [4.78, 5) is 15.7. The number of halogens is 2. The number of hydrogen-bond donors (Lipinski definition) is 0. The van der Waals surface area contributed by atoms with Crippen LogP contribution in [0.2, 0.25) is 10.0 Å². The second-order valence-electron chi connectivity index (χ2n) is 8.09. The molecule has 0 aliphatic carbocycles. The Morgan fingerprint density at radius 1 is 0.879 bits per heavy atom. The fourth-order valence-corrected chi connectivity index (χ4v) is 4.41. The number of rotatable bonds is 7. The van der Waals surface area contributed by atoms with E-state index in [1.807, 2.05) is 29.2 Å². The van der Waals surface area contributed by atoms with E-state index in [0.29, 0.717) is 22.5 Å². The molecule has 0 radical (unpaired) electrons. The van der Waals surface area contributed by atoms with Crippen LogP contribution in [0.4, 0.5) is 5.69 Å². The molecule has 1 aliphatic heterocycles. The summed E-state index contributed by atoms with van der Waals surface area (Å²) < 4.78 is 5.69. The summed E-state index contributed by atoms with van der Waals surface area (Å²) >= 11 is 12.0. The topological polar surface area (TPSA) is 58.6 Å². The van der Waals surface area contributed by atoms with Crippen molar-refractivity contribution in [1.29, 1.82) is 0 Å². The molecule has 0 atom stereocenters. The van der Waals surface area contributed by atoms with Crippen molar-refractivity contribution in [3.8, 4) is 5.88 Å². The molecular formula is C25H26Cl2N4O2. The summed E-state index contributed by atoms with van der Waals surface area (Å²) in [6.45, 7) is 5.25. The average molecular weight is 485 g/mol. The molecule has 8 heteroatoms. The predicted octanol–water partition coefficient (Wildman–Crippen LogP) is 4.82. The molecule has 172 valence electrons. The van der Waals surface area contributed by atoms with Gasteiger partial charge in [0.2, 0.25) is 11.8 Å². The molecule has 2 aromatic carbocycles. The molecule has 3 aromatic rings. The standard InChI is InChI=1S/C25H26Cl2N4O2/c1-18(32)30-10-12-31(13-11-30)24-7-3-19(4-8-24)2-5-23-6-9-25(29-28-23)33-17-20-14-21(26)16-22(27)15-20/h3-4,6-9,14-16H,2,5,10-13,17H2,1H3. The Hall–Kier alpha value is -2.83. The number of amides is 1. The quantitative estimate of drug-likeness (QED) is 0.481. The minimum absolute atomic E-state index is 0.152. The Morgan fingerprint density at radius 3 is 2.18 bits per heavy atom. The zero-order chi connectivity index (χ0) is 23.2. The van der Waals surface area contributed by atoms with E-state index in [-0.39, 0.29) is 5.91 Å². The van der Waals surface area contributed by atoms with Crippen molar-refractivity contribution in [1.82, 2.24) is 15.1 Å². The van der Waals surface area contributed by atoms with Crippen molar-refractivity contribution in [2.75, 3.05) is 31.1 Å². The van der Waals surface area contributed by atoms with Crippen LogP contribution in [0.5, 0.6) is 5.88 Å². The number of hydrogen-bond acceptors (Lipinski definition) is 5. The summed E-state index contributed by atoms with van der Waals surface area (Å²) in [5.41, 5.74) is 4.24. The number of ether oxygens (including phenoxy) is 1. The lowest BCUT2D eigenvalue weighted by Gasteiger charge is -2.35. The summed E-state index contributed by atoms with van der Waals surface area (Å²) in [5, 5.41) is 9.61. The van der Waals surface area contributed by atoms with Gasteiger partial charge in [-0.05, 0) is 60.4 Å². The molecule has 1 fully saturated rings. The molecule has 1 aliphatic rings. The first-order valence-electron chi connectivity index (χ1n) is 11.0. The summed E-state index contributed by atoms with van der Waals surface area (Å²) in [6.07, 6.45) is 1.68. The molecular weight excluding hydrogens is 459 g/mol. The fourth-order valence-electron chi connectivity index (χ4n) is 3.83. The molecule has 0 spiro atoms. The lowest BCUT2D eigenvalue weighted by molar-refractivity contribution is -0.129. The van der Waals surface area contributed by atoms with Gasteiger partial charge in [-0.15, -0.1) is 5.10 Å². The van der Waals surface area contributed by atoms with Crippen LogP contribution >= 0.6 is 23.2 Å². The van der Waals surface area contributed by atoms with Crippen LogP contribution in [0, 0.1) is 0 Å². The zero-order valence-corrected chi connectivity index (χ0v) is 20.0. The van der Waals surface area contributed by atoms with E-state index in [2.05, 4.69) is 39.4 Å². The number of aromatic nitrogens is 2. The number of benzene rings is 2. The van der Waals surface area contributed by atoms with Crippen molar-refractivity contribution in [2.24, 2.45) is 0 Å². The van der Waals surface area contributed by atoms with Crippen LogP contribution in [0.1, 0.15) is 23.7 Å². The van der Waals surface area contributed by atoms with Crippen LogP contribution in [-0.2, 0) is 24.2 Å². The molecule has 1 saturated heterocycles. The highest BCUT2D eigenvalue weighted by molar-refractivity contribution is 6.34. The van der Waals surface area contributed by atoms with Gasteiger partial charge in [0.15, 0.2) is 0 Å². The number of carbonyl (C=O) groups is 1. The van der Waals surface area contributed by atoms with Crippen molar-refractivity contribution in [3.63, 3.8) is 0 Å². The average Bonchev–Trinajstić information content (AvgIpc) is 2.82. The normalized spacial score (nSPS) is 13.8. The maximum atomic E-state index is 11.5. The number of nitrogens with zero attached hydrogens (tertiary/aromatic N) is 4. The van der Waals surface area contributed by atoms with Gasteiger partial charge >= 0.3 is 0 Å². The molecule has 33 heavy (non-hydrogen) atoms. The van der Waals surface area contributed by atoms with Gasteiger partial charge in [0.1, 0.15) is 6.61 Å². The highest BCUT2D eigenvalue weighted by Crippen LogP contribution is 2.21. The molecule has 1 amide bonds. The molecule has 0 N–H and O–H groups in total. The molecule has 0 bridgehead atoms. The van der Waals surface area contributed by atoms with Gasteiger partial charge in [0, 0.05) is 54.9 Å². The monoisotopic (exact) mass is 484 g/mol. The Balaban J connectivity index is 1.25. The van der Waals surface area contributed by atoms with Crippen LogP contribution in [-0.4, -0.2) is 47.2 Å². The van der Waals surface area contributed by atoms with Crippen LogP contribution < -0.4 is 9.64 Å². The minimum Gasteiger partial charge on any atom is -0.472 e. The second kappa shape index (κ2) is 10.9. The van der Waals surface area contributed by atoms with E-state index in [9.17, 15) is 4.79 Å². The lowest BCUT2D eigenvalue weighted by atomic mass is 10.1.